The van der Waals surface area contributed by atoms with Crippen molar-refractivity contribution in [1.29, 1.82) is 0 Å². The Morgan fingerprint density at radius 1 is 1.00 bits per heavy atom. The number of piperidine rings is 1. The standard InChI is InChI=1S/C18H25NO2/c20-18-14-8-2-4-10-17(14)21-12-16(18)19-11-5-7-13-6-1-3-9-15(13)19/h2,4,8,10,13,15-16,18,20H,1,3,5-7,9,11-12H2. The number of likely N-dealkylation sites (tertiary alicyclic amines) is 1. The average Bonchev–Trinajstić information content (AvgIpc) is 2.55. The molecule has 1 aliphatic carbocycles. The van der Waals surface area contributed by atoms with E-state index in [2.05, 4.69) is 4.90 Å². The van der Waals surface area contributed by atoms with Crippen LogP contribution in [0.3, 0.4) is 0 Å². The topological polar surface area (TPSA) is 32.7 Å². The van der Waals surface area contributed by atoms with Crippen molar-refractivity contribution in [2.45, 2.75) is 56.7 Å². The number of hydrogen-bond acceptors (Lipinski definition) is 3. The van der Waals surface area contributed by atoms with Crippen LogP contribution in [0, 0.1) is 5.92 Å². The average molecular weight is 287 g/mol. The lowest BCUT2D eigenvalue weighted by Gasteiger charge is -2.49. The number of rotatable bonds is 1. The molecule has 1 aromatic rings. The van der Waals surface area contributed by atoms with Gasteiger partial charge in [-0.2, -0.15) is 0 Å². The maximum Gasteiger partial charge on any atom is 0.125 e. The zero-order valence-electron chi connectivity index (χ0n) is 12.6. The van der Waals surface area contributed by atoms with Crippen LogP contribution in [0.4, 0.5) is 0 Å². The maximum atomic E-state index is 10.8. The van der Waals surface area contributed by atoms with Gasteiger partial charge in [0.05, 0.1) is 6.04 Å². The predicted octanol–water partition coefficient (Wildman–Crippen LogP) is 3.14. The van der Waals surface area contributed by atoms with Crippen molar-refractivity contribution in [1.82, 2.24) is 4.90 Å². The van der Waals surface area contributed by atoms with Crippen LogP contribution < -0.4 is 4.74 Å². The van der Waals surface area contributed by atoms with Gasteiger partial charge >= 0.3 is 0 Å². The number of para-hydroxylation sites is 1. The summed E-state index contributed by atoms with van der Waals surface area (Å²) >= 11 is 0. The zero-order chi connectivity index (χ0) is 14.2. The van der Waals surface area contributed by atoms with Gasteiger partial charge in [-0.3, -0.25) is 4.90 Å². The largest absolute Gasteiger partial charge is 0.491 e. The number of nitrogens with zero attached hydrogens (tertiary/aromatic N) is 1. The molecule has 3 aliphatic rings. The SMILES string of the molecule is OC1c2ccccc2OCC1N1CCCC2CCCCC21. The summed E-state index contributed by atoms with van der Waals surface area (Å²) in [5, 5.41) is 10.8. The van der Waals surface area contributed by atoms with E-state index >= 15 is 0 Å². The fourth-order valence-electron chi connectivity index (χ4n) is 4.68. The fraction of sp³-hybridized carbons (Fsp3) is 0.667. The van der Waals surface area contributed by atoms with Crippen molar-refractivity contribution < 1.29 is 9.84 Å². The van der Waals surface area contributed by atoms with Gasteiger partial charge in [0, 0.05) is 11.6 Å². The molecule has 0 radical (unpaired) electrons. The van der Waals surface area contributed by atoms with Crippen molar-refractivity contribution in [2.24, 2.45) is 5.92 Å². The Bertz CT molecular complexity index is 502. The summed E-state index contributed by atoms with van der Waals surface area (Å²) < 4.78 is 5.94. The highest BCUT2D eigenvalue weighted by atomic mass is 16.5. The van der Waals surface area contributed by atoms with Gasteiger partial charge < -0.3 is 9.84 Å². The van der Waals surface area contributed by atoms with Gasteiger partial charge in [0.2, 0.25) is 0 Å². The molecule has 2 heterocycles. The maximum absolute atomic E-state index is 10.8. The molecule has 2 aliphatic heterocycles. The summed E-state index contributed by atoms with van der Waals surface area (Å²) in [6, 6.07) is 8.74. The minimum Gasteiger partial charge on any atom is -0.491 e. The second kappa shape index (κ2) is 5.62. The number of aliphatic hydroxyl groups excluding tert-OH is 1. The van der Waals surface area contributed by atoms with Crippen LogP contribution in [-0.2, 0) is 0 Å². The van der Waals surface area contributed by atoms with Gasteiger partial charge in [-0.15, -0.1) is 0 Å². The molecule has 4 atom stereocenters. The Balaban J connectivity index is 1.58. The molecule has 2 fully saturated rings. The second-order valence-corrected chi connectivity index (χ2v) is 6.85. The van der Waals surface area contributed by atoms with Crippen LogP contribution in [-0.4, -0.2) is 35.2 Å². The van der Waals surface area contributed by atoms with E-state index in [1.165, 1.54) is 38.5 Å². The molecule has 0 amide bonds. The van der Waals surface area contributed by atoms with E-state index in [-0.39, 0.29) is 6.04 Å². The monoisotopic (exact) mass is 287 g/mol. The third kappa shape index (κ3) is 2.36. The number of aliphatic hydroxyl groups is 1. The quantitative estimate of drug-likeness (QED) is 0.861. The molecule has 0 bridgehead atoms. The Morgan fingerprint density at radius 2 is 1.81 bits per heavy atom. The Kier molecular flexibility index (Phi) is 3.64. The second-order valence-electron chi connectivity index (χ2n) is 6.85. The molecule has 0 spiro atoms. The smallest absolute Gasteiger partial charge is 0.125 e. The van der Waals surface area contributed by atoms with Crippen LogP contribution in [0.15, 0.2) is 24.3 Å². The van der Waals surface area contributed by atoms with E-state index in [0.29, 0.717) is 12.6 Å². The molecule has 21 heavy (non-hydrogen) atoms. The van der Waals surface area contributed by atoms with Gasteiger partial charge in [0.25, 0.3) is 0 Å². The lowest BCUT2D eigenvalue weighted by Crippen LogP contribution is -2.56. The van der Waals surface area contributed by atoms with E-state index in [4.69, 9.17) is 4.74 Å². The van der Waals surface area contributed by atoms with Gasteiger partial charge in [0.15, 0.2) is 0 Å². The number of hydrogen-bond donors (Lipinski definition) is 1. The molecule has 3 heteroatoms. The Morgan fingerprint density at radius 3 is 2.76 bits per heavy atom. The summed E-state index contributed by atoms with van der Waals surface area (Å²) in [5.74, 6) is 1.70. The molecule has 4 rings (SSSR count). The van der Waals surface area contributed by atoms with E-state index < -0.39 is 6.10 Å². The molecule has 1 saturated carbocycles. The van der Waals surface area contributed by atoms with Crippen molar-refractivity contribution >= 4 is 0 Å². The van der Waals surface area contributed by atoms with Gasteiger partial charge in [-0.05, 0) is 44.2 Å². The van der Waals surface area contributed by atoms with Crippen LogP contribution in [0.5, 0.6) is 5.75 Å². The minimum atomic E-state index is -0.407. The molecule has 1 saturated heterocycles. The van der Waals surface area contributed by atoms with E-state index in [0.717, 1.165) is 23.8 Å². The first-order valence-corrected chi connectivity index (χ1v) is 8.50. The molecular formula is C18H25NO2. The summed E-state index contributed by atoms with van der Waals surface area (Å²) in [6.45, 7) is 1.75. The van der Waals surface area contributed by atoms with Gasteiger partial charge in [0.1, 0.15) is 18.5 Å². The predicted molar refractivity (Wildman–Crippen MR) is 82.4 cm³/mol. The van der Waals surface area contributed by atoms with Crippen molar-refractivity contribution in [3.8, 4) is 5.75 Å². The summed E-state index contributed by atoms with van der Waals surface area (Å²) in [7, 11) is 0. The van der Waals surface area contributed by atoms with E-state index in [1.807, 2.05) is 24.3 Å². The fourth-order valence-corrected chi connectivity index (χ4v) is 4.68. The van der Waals surface area contributed by atoms with Crippen molar-refractivity contribution in [3.63, 3.8) is 0 Å². The lowest BCUT2D eigenvalue weighted by molar-refractivity contribution is -0.0541. The highest BCUT2D eigenvalue weighted by molar-refractivity contribution is 5.37. The van der Waals surface area contributed by atoms with Crippen LogP contribution in [0.1, 0.15) is 50.2 Å². The number of fused-ring (bicyclic) bond motifs is 2. The third-order valence-corrected chi connectivity index (χ3v) is 5.72. The first-order chi connectivity index (χ1) is 10.3. The third-order valence-electron chi connectivity index (χ3n) is 5.72. The van der Waals surface area contributed by atoms with Crippen LogP contribution >= 0.6 is 0 Å². The van der Waals surface area contributed by atoms with E-state index in [9.17, 15) is 5.11 Å². The highest BCUT2D eigenvalue weighted by Crippen LogP contribution is 2.41. The minimum absolute atomic E-state index is 0.130. The van der Waals surface area contributed by atoms with Gasteiger partial charge in [-0.25, -0.2) is 0 Å². The molecule has 1 aromatic carbocycles. The van der Waals surface area contributed by atoms with E-state index in [1.54, 1.807) is 0 Å². The summed E-state index contributed by atoms with van der Waals surface area (Å²) in [4.78, 5) is 2.58. The molecule has 0 aromatic heterocycles. The first kappa shape index (κ1) is 13.6. The van der Waals surface area contributed by atoms with Gasteiger partial charge in [-0.1, -0.05) is 31.0 Å². The lowest BCUT2D eigenvalue weighted by atomic mass is 9.77. The highest BCUT2D eigenvalue weighted by Gasteiger charge is 2.41. The normalized spacial score (nSPS) is 36.4. The first-order valence-electron chi connectivity index (χ1n) is 8.50. The molecule has 114 valence electrons. The van der Waals surface area contributed by atoms with Crippen LogP contribution in [0.25, 0.3) is 0 Å². The molecular weight excluding hydrogens is 262 g/mol. The number of benzene rings is 1. The summed E-state index contributed by atoms with van der Waals surface area (Å²) in [6.07, 6.45) is 7.65. The van der Waals surface area contributed by atoms with Crippen LogP contribution in [0.2, 0.25) is 0 Å². The molecule has 3 nitrogen and oxygen atoms in total. The Hall–Kier alpha value is -1.06. The van der Waals surface area contributed by atoms with Crippen molar-refractivity contribution in [2.75, 3.05) is 13.2 Å². The number of ether oxygens (including phenoxy) is 1. The zero-order valence-corrected chi connectivity index (χ0v) is 12.6. The summed E-state index contributed by atoms with van der Waals surface area (Å²) in [5.41, 5.74) is 0.965. The molecule has 1 N–H and O–H groups in total. The molecule has 4 unspecified atom stereocenters. The van der Waals surface area contributed by atoms with Crippen molar-refractivity contribution in [3.05, 3.63) is 29.8 Å². The Labute approximate surface area is 126 Å².